The van der Waals surface area contributed by atoms with Crippen molar-refractivity contribution in [3.63, 3.8) is 0 Å². The average Bonchev–Trinajstić information content (AvgIpc) is 2.04. The molecule has 2 aromatic heterocycles. The molecule has 53 valence electrons. The van der Waals surface area contributed by atoms with E-state index in [0.717, 1.165) is 15.5 Å². The van der Waals surface area contributed by atoms with Gasteiger partial charge in [-0.1, -0.05) is 0 Å². The molecule has 1 radical (unpaired) electrons. The van der Waals surface area contributed by atoms with Crippen LogP contribution in [-0.2, 0) is 0 Å². The zero-order valence-corrected chi connectivity index (χ0v) is 7.17. The maximum atomic E-state index is 4.21. The number of hydrogen-bond donors (Lipinski definition) is 0. The van der Waals surface area contributed by atoms with Crippen LogP contribution >= 0.6 is 15.9 Å². The van der Waals surface area contributed by atoms with Gasteiger partial charge in [-0.15, -0.1) is 0 Å². The predicted octanol–water partition coefficient (Wildman–Crippen LogP) is 2.19. The van der Waals surface area contributed by atoms with Crippen LogP contribution in [-0.4, -0.2) is 9.97 Å². The van der Waals surface area contributed by atoms with E-state index in [2.05, 4.69) is 32.1 Å². The second-order valence-electron chi connectivity index (χ2n) is 2.14. The van der Waals surface area contributed by atoms with Gasteiger partial charge in [0.15, 0.2) is 0 Å². The van der Waals surface area contributed by atoms with Crippen molar-refractivity contribution in [1.29, 1.82) is 0 Å². The van der Waals surface area contributed by atoms with Crippen molar-refractivity contribution >= 4 is 26.8 Å². The van der Waals surface area contributed by atoms with Crippen LogP contribution in [0.3, 0.4) is 0 Å². The van der Waals surface area contributed by atoms with E-state index in [1.54, 1.807) is 6.20 Å². The van der Waals surface area contributed by atoms with Crippen molar-refractivity contribution in [3.05, 3.63) is 35.2 Å². The summed E-state index contributed by atoms with van der Waals surface area (Å²) in [5.41, 5.74) is 0.887. The number of fused-ring (bicyclic) bond motifs is 1. The highest BCUT2D eigenvalue weighted by Gasteiger charge is 1.93. The van der Waals surface area contributed by atoms with E-state index in [4.69, 9.17) is 0 Å². The number of nitrogens with zero attached hydrogens (tertiary/aromatic N) is 2. The fraction of sp³-hybridized carbons (Fsp3) is 0. The summed E-state index contributed by atoms with van der Waals surface area (Å²) < 4.78 is 0.831. The highest BCUT2D eigenvalue weighted by molar-refractivity contribution is 9.10. The number of rotatable bonds is 0. The molecule has 0 amide bonds. The molecule has 0 spiro atoms. The lowest BCUT2D eigenvalue weighted by molar-refractivity contribution is 1.28. The lowest BCUT2D eigenvalue weighted by Crippen LogP contribution is -1.80. The molecule has 0 atom stereocenters. The molecule has 3 heteroatoms. The Bertz CT molecular complexity index is 387. The fourth-order valence-corrected chi connectivity index (χ4v) is 1.21. The van der Waals surface area contributed by atoms with Gasteiger partial charge < -0.3 is 0 Å². The van der Waals surface area contributed by atoms with E-state index in [1.807, 2.05) is 18.2 Å². The van der Waals surface area contributed by atoms with Crippen LogP contribution in [0.1, 0.15) is 0 Å². The Morgan fingerprint density at radius 3 is 3.18 bits per heavy atom. The van der Waals surface area contributed by atoms with Crippen molar-refractivity contribution in [2.45, 2.75) is 0 Å². The van der Waals surface area contributed by atoms with Gasteiger partial charge in [0.05, 0.1) is 17.9 Å². The molecule has 2 rings (SSSR count). The van der Waals surface area contributed by atoms with Gasteiger partial charge in [0.1, 0.15) is 4.60 Å². The molecule has 0 aliphatic carbocycles. The van der Waals surface area contributed by atoms with E-state index in [0.29, 0.717) is 0 Å². The summed E-state index contributed by atoms with van der Waals surface area (Å²) in [5.74, 6) is 0. The summed E-state index contributed by atoms with van der Waals surface area (Å²) in [6.07, 6.45) is 4.44. The minimum atomic E-state index is 0.831. The van der Waals surface area contributed by atoms with Gasteiger partial charge in [0.2, 0.25) is 0 Å². The Hall–Kier alpha value is -0.960. The Morgan fingerprint density at radius 1 is 1.36 bits per heavy atom. The largest absolute Gasteiger partial charge is 0.252 e. The SMILES string of the molecule is Brc1ccc2c[c]ncc2n1. The van der Waals surface area contributed by atoms with Gasteiger partial charge in [-0.25, -0.2) is 4.98 Å². The van der Waals surface area contributed by atoms with Gasteiger partial charge >= 0.3 is 0 Å². The first-order valence-corrected chi connectivity index (χ1v) is 3.94. The Morgan fingerprint density at radius 2 is 2.27 bits per heavy atom. The van der Waals surface area contributed by atoms with Crippen LogP contribution in [0.5, 0.6) is 0 Å². The molecule has 0 aliphatic heterocycles. The molecular formula is C8H4BrN2. The maximum Gasteiger partial charge on any atom is 0.106 e. The van der Waals surface area contributed by atoms with Gasteiger partial charge in [0.25, 0.3) is 0 Å². The summed E-state index contributed by atoms with van der Waals surface area (Å²) >= 11 is 3.28. The van der Waals surface area contributed by atoms with Crippen LogP contribution in [0.15, 0.2) is 29.0 Å². The van der Waals surface area contributed by atoms with E-state index in [1.165, 1.54) is 0 Å². The molecule has 2 nitrogen and oxygen atoms in total. The topological polar surface area (TPSA) is 25.8 Å². The van der Waals surface area contributed by atoms with Gasteiger partial charge in [-0.3, -0.25) is 4.98 Å². The third kappa shape index (κ3) is 1.24. The molecule has 0 aliphatic rings. The van der Waals surface area contributed by atoms with Crippen LogP contribution in [0.2, 0.25) is 0 Å². The summed E-state index contributed by atoms with van der Waals surface area (Å²) in [6.45, 7) is 0. The molecule has 0 saturated carbocycles. The number of hydrogen-bond acceptors (Lipinski definition) is 2. The molecule has 0 aromatic carbocycles. The lowest BCUT2D eigenvalue weighted by atomic mass is 10.3. The molecule has 0 saturated heterocycles. The zero-order chi connectivity index (χ0) is 7.68. The molecule has 2 heterocycles. The van der Waals surface area contributed by atoms with Crippen molar-refractivity contribution in [2.75, 3.05) is 0 Å². The summed E-state index contributed by atoms with van der Waals surface area (Å²) in [7, 11) is 0. The highest BCUT2D eigenvalue weighted by atomic mass is 79.9. The summed E-state index contributed by atoms with van der Waals surface area (Å²) in [6, 6.07) is 5.69. The molecular weight excluding hydrogens is 204 g/mol. The minimum absolute atomic E-state index is 0.831. The average molecular weight is 208 g/mol. The lowest BCUT2D eigenvalue weighted by Gasteiger charge is -1.93. The van der Waals surface area contributed by atoms with Crippen molar-refractivity contribution in [3.8, 4) is 0 Å². The molecule has 0 fully saturated rings. The smallest absolute Gasteiger partial charge is 0.106 e. The summed E-state index contributed by atoms with van der Waals surface area (Å²) in [5, 5.41) is 1.06. The number of pyridine rings is 2. The molecule has 0 bridgehead atoms. The normalized spacial score (nSPS) is 10.3. The number of aromatic nitrogens is 2. The maximum absolute atomic E-state index is 4.21. The van der Waals surface area contributed by atoms with E-state index >= 15 is 0 Å². The Labute approximate surface area is 72.4 Å². The fourth-order valence-electron chi connectivity index (χ4n) is 0.891. The van der Waals surface area contributed by atoms with Crippen LogP contribution in [0.25, 0.3) is 10.9 Å². The monoisotopic (exact) mass is 207 g/mol. The molecule has 2 aromatic rings. The number of halogens is 1. The van der Waals surface area contributed by atoms with Crippen LogP contribution < -0.4 is 0 Å². The van der Waals surface area contributed by atoms with Gasteiger partial charge in [-0.2, -0.15) is 0 Å². The van der Waals surface area contributed by atoms with E-state index < -0.39 is 0 Å². The van der Waals surface area contributed by atoms with Crippen molar-refractivity contribution in [2.24, 2.45) is 0 Å². The Kier molecular flexibility index (Phi) is 1.58. The standard InChI is InChI=1S/C8H4BrN2/c9-8-2-1-6-3-4-10-5-7(6)11-8/h1-3,5H. The first-order chi connectivity index (χ1) is 5.36. The molecule has 0 N–H and O–H groups in total. The Balaban J connectivity index is 2.83. The predicted molar refractivity (Wildman–Crippen MR) is 46.1 cm³/mol. The van der Waals surface area contributed by atoms with Crippen molar-refractivity contribution < 1.29 is 0 Å². The second kappa shape index (κ2) is 2.58. The first kappa shape index (κ1) is 6.73. The minimum Gasteiger partial charge on any atom is -0.252 e. The molecule has 11 heavy (non-hydrogen) atoms. The zero-order valence-electron chi connectivity index (χ0n) is 5.58. The van der Waals surface area contributed by atoms with Crippen molar-refractivity contribution in [1.82, 2.24) is 9.97 Å². The van der Waals surface area contributed by atoms with Gasteiger partial charge in [-0.05, 0) is 34.1 Å². The quantitative estimate of drug-likeness (QED) is 0.620. The third-order valence-corrected chi connectivity index (χ3v) is 1.85. The second-order valence-corrected chi connectivity index (χ2v) is 2.95. The van der Waals surface area contributed by atoms with E-state index in [-0.39, 0.29) is 0 Å². The summed E-state index contributed by atoms with van der Waals surface area (Å²) in [4.78, 5) is 8.06. The third-order valence-electron chi connectivity index (χ3n) is 1.40. The van der Waals surface area contributed by atoms with Crippen LogP contribution in [0.4, 0.5) is 0 Å². The van der Waals surface area contributed by atoms with Gasteiger partial charge in [0, 0.05) is 5.39 Å². The van der Waals surface area contributed by atoms with Crippen LogP contribution in [0, 0.1) is 6.20 Å². The molecule has 0 unspecified atom stereocenters. The highest BCUT2D eigenvalue weighted by Crippen LogP contribution is 2.13. The first-order valence-electron chi connectivity index (χ1n) is 3.14. The van der Waals surface area contributed by atoms with E-state index in [9.17, 15) is 0 Å².